The number of benzene rings is 1. The summed E-state index contributed by atoms with van der Waals surface area (Å²) in [6.45, 7) is 2.12. The van der Waals surface area contributed by atoms with Crippen LogP contribution in [0.3, 0.4) is 0 Å². The van der Waals surface area contributed by atoms with Crippen molar-refractivity contribution in [3.63, 3.8) is 0 Å². The maximum absolute atomic E-state index is 13.4. The number of fused-ring (bicyclic) bond motifs is 1. The molecular weight excluding hydrogens is 384 g/mol. The van der Waals surface area contributed by atoms with E-state index >= 15 is 0 Å². The summed E-state index contributed by atoms with van der Waals surface area (Å²) in [5.74, 6) is -0.136. The second-order valence-electron chi connectivity index (χ2n) is 7.85. The molecule has 4 rings (SSSR count). The zero-order valence-corrected chi connectivity index (χ0v) is 17.3. The topological polar surface area (TPSA) is 64.6 Å². The molecule has 2 N–H and O–H groups in total. The van der Waals surface area contributed by atoms with Gasteiger partial charge in [-0.3, -0.25) is 9.59 Å². The van der Waals surface area contributed by atoms with Gasteiger partial charge in [0.15, 0.2) is 5.78 Å². The van der Waals surface area contributed by atoms with Gasteiger partial charge >= 0.3 is 0 Å². The molecule has 1 saturated carbocycles. The lowest BCUT2D eigenvalue weighted by Gasteiger charge is -2.24. The van der Waals surface area contributed by atoms with E-state index in [9.17, 15) is 9.59 Å². The number of primary amides is 1. The van der Waals surface area contributed by atoms with Crippen molar-refractivity contribution in [2.24, 2.45) is 11.7 Å². The average molecular weight is 409 g/mol. The second kappa shape index (κ2) is 8.03. The van der Waals surface area contributed by atoms with Gasteiger partial charge in [0.2, 0.25) is 5.91 Å². The molecular formula is C24H25ClN2O2. The largest absolute Gasteiger partial charge is 0.366 e. The van der Waals surface area contributed by atoms with E-state index in [1.54, 1.807) is 12.3 Å². The highest BCUT2D eigenvalue weighted by Gasteiger charge is 2.31. The van der Waals surface area contributed by atoms with Crippen LogP contribution in [0.2, 0.25) is 5.02 Å². The van der Waals surface area contributed by atoms with Crippen molar-refractivity contribution in [1.29, 1.82) is 0 Å². The zero-order chi connectivity index (χ0) is 20.5. The van der Waals surface area contributed by atoms with Crippen LogP contribution < -0.4 is 5.73 Å². The SMILES string of the molecule is CCCc1c(C(=O)C2CCC2)c2ccc(C(N)=O)cn2c1Cc1ccccc1Cl. The molecule has 1 amide bonds. The summed E-state index contributed by atoms with van der Waals surface area (Å²) in [6, 6.07) is 11.3. The van der Waals surface area contributed by atoms with E-state index in [-0.39, 0.29) is 11.7 Å². The number of amides is 1. The summed E-state index contributed by atoms with van der Waals surface area (Å²) in [7, 11) is 0. The number of aromatic nitrogens is 1. The number of nitrogens with two attached hydrogens (primary N) is 1. The van der Waals surface area contributed by atoms with Crippen LogP contribution in [0.1, 0.15) is 70.1 Å². The monoisotopic (exact) mass is 408 g/mol. The Morgan fingerprint density at radius 1 is 1.17 bits per heavy atom. The lowest BCUT2D eigenvalue weighted by molar-refractivity contribution is 0.0856. The molecule has 150 valence electrons. The highest BCUT2D eigenvalue weighted by Crippen LogP contribution is 2.36. The standard InChI is InChI=1S/C24H25ClN2O2/c1-2-6-18-21(13-16-7-3-4-10-19(16)25)27-14-17(24(26)29)11-12-20(27)22(18)23(28)15-8-5-9-15/h3-4,7,10-12,14-15H,2,5-6,8-9,13H2,1H3,(H2,26,29). The van der Waals surface area contributed by atoms with E-state index in [0.29, 0.717) is 17.0 Å². The van der Waals surface area contributed by atoms with Crippen LogP contribution in [0.5, 0.6) is 0 Å². The molecule has 4 nitrogen and oxygen atoms in total. The minimum atomic E-state index is -0.479. The number of nitrogens with zero attached hydrogens (tertiary/aromatic N) is 1. The smallest absolute Gasteiger partial charge is 0.250 e. The van der Waals surface area contributed by atoms with Gasteiger partial charge in [0, 0.05) is 34.8 Å². The fourth-order valence-electron chi connectivity index (χ4n) is 4.20. The number of hydrogen-bond acceptors (Lipinski definition) is 2. The molecule has 29 heavy (non-hydrogen) atoms. The van der Waals surface area contributed by atoms with Crippen LogP contribution in [0.15, 0.2) is 42.6 Å². The molecule has 0 bridgehead atoms. The summed E-state index contributed by atoms with van der Waals surface area (Å²) >= 11 is 6.44. The zero-order valence-electron chi connectivity index (χ0n) is 16.6. The molecule has 0 unspecified atom stereocenters. The van der Waals surface area contributed by atoms with Crippen molar-refractivity contribution in [2.75, 3.05) is 0 Å². The first-order valence-electron chi connectivity index (χ1n) is 10.2. The first-order chi connectivity index (χ1) is 14.0. The predicted octanol–water partition coefficient (Wildman–Crippen LogP) is 5.22. The molecule has 1 aliphatic rings. The molecule has 2 aromatic heterocycles. The third-order valence-corrected chi connectivity index (χ3v) is 6.34. The van der Waals surface area contributed by atoms with Crippen molar-refractivity contribution < 1.29 is 9.59 Å². The van der Waals surface area contributed by atoms with Gasteiger partial charge in [-0.15, -0.1) is 0 Å². The summed E-state index contributed by atoms with van der Waals surface area (Å²) < 4.78 is 1.99. The van der Waals surface area contributed by atoms with E-state index in [2.05, 4.69) is 6.92 Å². The lowest BCUT2D eigenvalue weighted by atomic mass is 9.79. The highest BCUT2D eigenvalue weighted by molar-refractivity contribution is 6.31. The third kappa shape index (κ3) is 3.58. The van der Waals surface area contributed by atoms with Crippen LogP contribution in [0, 0.1) is 5.92 Å². The predicted molar refractivity (Wildman–Crippen MR) is 116 cm³/mol. The van der Waals surface area contributed by atoms with Crippen molar-refractivity contribution >= 4 is 28.8 Å². The Hall–Kier alpha value is -2.59. The van der Waals surface area contributed by atoms with Gasteiger partial charge in [-0.25, -0.2) is 0 Å². The number of pyridine rings is 1. The third-order valence-electron chi connectivity index (χ3n) is 5.97. The molecule has 5 heteroatoms. The van der Waals surface area contributed by atoms with Crippen LogP contribution >= 0.6 is 11.6 Å². The van der Waals surface area contributed by atoms with Crippen LogP contribution in [-0.4, -0.2) is 16.1 Å². The highest BCUT2D eigenvalue weighted by atomic mass is 35.5. The Bertz CT molecular complexity index is 1100. The molecule has 0 aliphatic heterocycles. The molecule has 2 heterocycles. The van der Waals surface area contributed by atoms with Gasteiger partial charge in [0.25, 0.3) is 0 Å². The van der Waals surface area contributed by atoms with Crippen molar-refractivity contribution in [3.8, 4) is 0 Å². The lowest BCUT2D eigenvalue weighted by Crippen LogP contribution is -2.22. The summed E-state index contributed by atoms with van der Waals surface area (Å²) in [4.78, 5) is 25.2. The van der Waals surface area contributed by atoms with Crippen LogP contribution in [0.25, 0.3) is 5.52 Å². The van der Waals surface area contributed by atoms with E-state index in [1.165, 1.54) is 0 Å². The van der Waals surface area contributed by atoms with Crippen LogP contribution in [0.4, 0.5) is 0 Å². The van der Waals surface area contributed by atoms with Crippen molar-refractivity contribution in [1.82, 2.24) is 4.40 Å². The Morgan fingerprint density at radius 3 is 2.55 bits per heavy atom. The molecule has 1 fully saturated rings. The second-order valence-corrected chi connectivity index (χ2v) is 8.25. The Labute approximate surface area is 175 Å². The minimum Gasteiger partial charge on any atom is -0.366 e. The first kappa shape index (κ1) is 19.7. The van der Waals surface area contributed by atoms with Crippen molar-refractivity contribution in [2.45, 2.75) is 45.4 Å². The summed E-state index contributed by atoms with van der Waals surface area (Å²) in [5.41, 5.74) is 10.7. The molecule has 1 aromatic carbocycles. The average Bonchev–Trinajstić information content (AvgIpc) is 2.95. The molecule has 3 aromatic rings. The molecule has 0 atom stereocenters. The normalized spacial score (nSPS) is 14.1. The molecule has 0 spiro atoms. The Balaban J connectivity index is 1.95. The van der Waals surface area contributed by atoms with Gasteiger partial charge in [0.05, 0.1) is 11.1 Å². The van der Waals surface area contributed by atoms with Gasteiger partial charge < -0.3 is 10.1 Å². The van der Waals surface area contributed by atoms with E-state index in [1.807, 2.05) is 34.7 Å². The van der Waals surface area contributed by atoms with Crippen molar-refractivity contribution in [3.05, 3.63) is 75.6 Å². The first-order valence-corrected chi connectivity index (χ1v) is 10.6. The number of carbonyl (C=O) groups is 2. The number of hydrogen-bond donors (Lipinski definition) is 1. The number of carbonyl (C=O) groups excluding carboxylic acids is 2. The number of Topliss-reactive ketones (excluding diaryl/α,β-unsaturated/α-hetero) is 1. The number of halogens is 1. The quantitative estimate of drug-likeness (QED) is 0.545. The fourth-order valence-corrected chi connectivity index (χ4v) is 4.40. The molecule has 1 aliphatic carbocycles. The fraction of sp³-hybridized carbons (Fsp3) is 0.333. The van der Waals surface area contributed by atoms with Gasteiger partial charge in [-0.2, -0.15) is 0 Å². The molecule has 0 saturated heterocycles. The number of ketones is 1. The van der Waals surface area contributed by atoms with E-state index < -0.39 is 5.91 Å². The van der Waals surface area contributed by atoms with Gasteiger partial charge in [0.1, 0.15) is 0 Å². The summed E-state index contributed by atoms with van der Waals surface area (Å²) in [5, 5.41) is 0.697. The van der Waals surface area contributed by atoms with Gasteiger partial charge in [-0.1, -0.05) is 49.6 Å². The maximum atomic E-state index is 13.4. The Morgan fingerprint density at radius 2 is 1.93 bits per heavy atom. The number of rotatable bonds is 7. The van der Waals surface area contributed by atoms with E-state index in [0.717, 1.165) is 60.0 Å². The summed E-state index contributed by atoms with van der Waals surface area (Å²) in [6.07, 6.45) is 7.13. The molecule has 0 radical (unpaired) electrons. The Kier molecular flexibility index (Phi) is 5.46. The maximum Gasteiger partial charge on any atom is 0.250 e. The van der Waals surface area contributed by atoms with Crippen LogP contribution in [-0.2, 0) is 12.8 Å². The van der Waals surface area contributed by atoms with Gasteiger partial charge in [-0.05, 0) is 48.6 Å². The minimum absolute atomic E-state index is 0.112. The van der Waals surface area contributed by atoms with E-state index in [4.69, 9.17) is 17.3 Å².